The molecule has 0 atom stereocenters. The first-order valence-corrected chi connectivity index (χ1v) is 9.79. The summed E-state index contributed by atoms with van der Waals surface area (Å²) in [6.45, 7) is 3.12. The summed E-state index contributed by atoms with van der Waals surface area (Å²) < 4.78 is 7.41. The Labute approximate surface area is 183 Å². The van der Waals surface area contributed by atoms with Crippen molar-refractivity contribution in [2.75, 3.05) is 7.11 Å². The highest BCUT2D eigenvalue weighted by Crippen LogP contribution is 2.33. The zero-order valence-electron chi connectivity index (χ0n) is 17.7. The maximum Gasteiger partial charge on any atom is 0.335 e. The van der Waals surface area contributed by atoms with Gasteiger partial charge in [-0.15, -0.1) is 10.2 Å². The molecule has 0 radical (unpaired) electrons. The molecule has 0 fully saturated rings. The number of ether oxygens (including phenoxy) is 1. The van der Waals surface area contributed by atoms with E-state index in [0.29, 0.717) is 45.8 Å². The summed E-state index contributed by atoms with van der Waals surface area (Å²) in [6.07, 6.45) is 1.96. The number of carboxylic acids is 1. The number of fused-ring (bicyclic) bond motifs is 3. The zero-order chi connectivity index (χ0) is 23.0. The van der Waals surface area contributed by atoms with Gasteiger partial charge in [-0.3, -0.25) is 9.38 Å². The number of hydrogen-bond acceptors (Lipinski definition) is 7. The van der Waals surface area contributed by atoms with Crippen LogP contribution in [0.4, 0.5) is 0 Å². The molecule has 162 valence electrons. The molecule has 0 amide bonds. The van der Waals surface area contributed by atoms with Gasteiger partial charge < -0.3 is 20.4 Å². The summed E-state index contributed by atoms with van der Waals surface area (Å²) in [6, 6.07) is 10.2. The fourth-order valence-electron chi connectivity index (χ4n) is 3.79. The molecular weight excluding hydrogens is 410 g/mol. The van der Waals surface area contributed by atoms with Gasteiger partial charge >= 0.3 is 5.97 Å². The third-order valence-corrected chi connectivity index (χ3v) is 5.15. The first kappa shape index (κ1) is 21.0. The van der Waals surface area contributed by atoms with Gasteiger partial charge in [-0.05, 0) is 37.6 Å². The smallest absolute Gasteiger partial charge is 0.335 e. The quantitative estimate of drug-likeness (QED) is 0.311. The summed E-state index contributed by atoms with van der Waals surface area (Å²) in [5, 5.41) is 35.9. The van der Waals surface area contributed by atoms with E-state index in [2.05, 4.69) is 15.2 Å². The van der Waals surface area contributed by atoms with Crippen molar-refractivity contribution < 1.29 is 19.7 Å². The lowest BCUT2D eigenvalue weighted by Crippen LogP contribution is -2.04. The number of aliphatic hydroxyl groups is 1. The Morgan fingerprint density at radius 3 is 2.59 bits per heavy atom. The largest absolute Gasteiger partial charge is 0.512 e. The summed E-state index contributed by atoms with van der Waals surface area (Å²) in [4.78, 5) is 15.8. The first-order chi connectivity index (χ1) is 15.3. The molecule has 9 nitrogen and oxygen atoms in total. The number of hydrogen-bond donors (Lipinski definition) is 3. The molecular formula is C23H21N5O4. The van der Waals surface area contributed by atoms with E-state index in [4.69, 9.17) is 10.1 Å². The number of aliphatic hydroxyl groups excluding tert-OH is 1. The maximum absolute atomic E-state index is 11.3. The van der Waals surface area contributed by atoms with Gasteiger partial charge in [-0.1, -0.05) is 12.1 Å². The van der Waals surface area contributed by atoms with Crippen LogP contribution in [0.2, 0.25) is 0 Å². The fourth-order valence-corrected chi connectivity index (χ4v) is 3.79. The van der Waals surface area contributed by atoms with Crippen molar-refractivity contribution in [1.82, 2.24) is 19.6 Å². The van der Waals surface area contributed by atoms with Crippen molar-refractivity contribution in [2.24, 2.45) is 0 Å². The average Bonchev–Trinajstić information content (AvgIpc) is 3.16. The Morgan fingerprint density at radius 2 is 1.94 bits per heavy atom. The van der Waals surface area contributed by atoms with Crippen LogP contribution in [0.25, 0.3) is 22.3 Å². The molecule has 0 aliphatic carbocycles. The van der Waals surface area contributed by atoms with Crippen LogP contribution < -0.4 is 4.74 Å². The summed E-state index contributed by atoms with van der Waals surface area (Å²) in [5.74, 6) is 0.102. The van der Waals surface area contributed by atoms with Gasteiger partial charge in [0.25, 0.3) is 0 Å². The molecule has 0 saturated heterocycles. The third-order valence-electron chi connectivity index (χ3n) is 5.15. The second-order valence-electron chi connectivity index (χ2n) is 7.38. The molecule has 2 aromatic carbocycles. The van der Waals surface area contributed by atoms with Gasteiger partial charge in [0.2, 0.25) is 0 Å². The van der Waals surface area contributed by atoms with Crippen molar-refractivity contribution in [1.29, 1.82) is 5.41 Å². The monoisotopic (exact) mass is 431 g/mol. The molecule has 0 saturated carbocycles. The lowest BCUT2D eigenvalue weighted by atomic mass is 9.99. The highest BCUT2D eigenvalue weighted by molar-refractivity contribution is 6.22. The number of carboxylic acid groups (broad SMARTS) is 1. The minimum atomic E-state index is -0.991. The van der Waals surface area contributed by atoms with Gasteiger partial charge in [0.1, 0.15) is 11.6 Å². The van der Waals surface area contributed by atoms with E-state index in [1.807, 2.05) is 10.5 Å². The van der Waals surface area contributed by atoms with Crippen LogP contribution in [0.1, 0.15) is 41.2 Å². The number of nitrogens with one attached hydrogen (secondary N) is 1. The Hall–Kier alpha value is -4.27. The molecule has 32 heavy (non-hydrogen) atoms. The molecule has 0 unspecified atom stereocenters. The van der Waals surface area contributed by atoms with Crippen LogP contribution in [0.3, 0.4) is 0 Å². The molecule has 0 aliphatic heterocycles. The Morgan fingerprint density at radius 1 is 1.16 bits per heavy atom. The second kappa shape index (κ2) is 8.10. The van der Waals surface area contributed by atoms with E-state index in [0.717, 1.165) is 5.56 Å². The topological polar surface area (TPSA) is 134 Å². The van der Waals surface area contributed by atoms with Crippen LogP contribution in [-0.4, -0.2) is 48.6 Å². The van der Waals surface area contributed by atoms with Crippen molar-refractivity contribution >= 4 is 33.9 Å². The molecule has 4 rings (SSSR count). The van der Waals surface area contributed by atoms with Gasteiger partial charge in [0.15, 0.2) is 5.65 Å². The Kier molecular flexibility index (Phi) is 5.31. The van der Waals surface area contributed by atoms with Crippen LogP contribution in [0.15, 0.2) is 48.4 Å². The predicted molar refractivity (Wildman–Crippen MR) is 120 cm³/mol. The molecule has 9 heteroatoms. The van der Waals surface area contributed by atoms with Crippen LogP contribution in [0.5, 0.6) is 5.75 Å². The maximum atomic E-state index is 11.3. The number of aromatic nitrogens is 4. The lowest BCUT2D eigenvalue weighted by Gasteiger charge is -2.14. The predicted octanol–water partition coefficient (Wildman–Crippen LogP) is 3.90. The average molecular weight is 431 g/mol. The van der Waals surface area contributed by atoms with Gasteiger partial charge in [-0.2, -0.15) is 0 Å². The van der Waals surface area contributed by atoms with E-state index in [1.54, 1.807) is 43.5 Å². The third kappa shape index (κ3) is 3.64. The highest BCUT2D eigenvalue weighted by Gasteiger charge is 2.18. The molecule has 4 aromatic rings. The van der Waals surface area contributed by atoms with Crippen LogP contribution in [-0.2, 0) is 6.42 Å². The van der Waals surface area contributed by atoms with E-state index in [-0.39, 0.29) is 17.0 Å². The number of rotatable bonds is 6. The van der Waals surface area contributed by atoms with E-state index >= 15 is 0 Å². The van der Waals surface area contributed by atoms with Gasteiger partial charge in [0.05, 0.1) is 35.7 Å². The zero-order valence-corrected chi connectivity index (χ0v) is 17.7. The number of carbonyl (C=O) groups is 1. The fraction of sp³-hybridized carbons (Fsp3) is 0.174. The number of allylic oxidation sites excluding steroid dienone is 2. The molecule has 3 N–H and O–H groups in total. The first-order valence-electron chi connectivity index (χ1n) is 9.79. The number of benzene rings is 2. The van der Waals surface area contributed by atoms with E-state index < -0.39 is 5.97 Å². The SMILES string of the molecule is COc1cc2c(cc1/C(C(C)=N)=C(\C)O)ncc1nnc(Cc3cccc(C(=O)O)c3)n12. The molecule has 0 spiro atoms. The minimum absolute atomic E-state index is 0.0135. The van der Waals surface area contributed by atoms with Crippen molar-refractivity contribution in [3.05, 3.63) is 70.9 Å². The van der Waals surface area contributed by atoms with Crippen molar-refractivity contribution in [3.63, 3.8) is 0 Å². The van der Waals surface area contributed by atoms with Crippen LogP contribution >= 0.6 is 0 Å². The molecule has 0 aliphatic rings. The van der Waals surface area contributed by atoms with E-state index in [1.165, 1.54) is 14.0 Å². The normalized spacial score (nSPS) is 12.1. The Balaban J connectivity index is 1.91. The summed E-state index contributed by atoms with van der Waals surface area (Å²) in [5.41, 5.74) is 3.95. The van der Waals surface area contributed by atoms with Crippen molar-refractivity contribution in [2.45, 2.75) is 20.3 Å². The highest BCUT2D eigenvalue weighted by atomic mass is 16.5. The second-order valence-corrected chi connectivity index (χ2v) is 7.38. The van der Waals surface area contributed by atoms with Crippen molar-refractivity contribution in [3.8, 4) is 5.75 Å². The van der Waals surface area contributed by atoms with Gasteiger partial charge in [0, 0.05) is 29.3 Å². The number of methoxy groups -OCH3 is 1. The number of aromatic carboxylic acids is 1. The van der Waals surface area contributed by atoms with Gasteiger partial charge in [-0.25, -0.2) is 4.79 Å². The minimum Gasteiger partial charge on any atom is -0.512 e. The molecule has 2 aromatic heterocycles. The molecule has 2 heterocycles. The lowest BCUT2D eigenvalue weighted by molar-refractivity contribution is 0.0696. The summed E-state index contributed by atoms with van der Waals surface area (Å²) in [7, 11) is 1.52. The summed E-state index contributed by atoms with van der Waals surface area (Å²) >= 11 is 0. The Bertz CT molecular complexity index is 1420. The van der Waals surface area contributed by atoms with Crippen LogP contribution in [0, 0.1) is 5.41 Å². The van der Waals surface area contributed by atoms with E-state index in [9.17, 15) is 15.0 Å². The molecule has 0 bridgehead atoms. The standard InChI is InChI=1S/C23H21N5O4/c1-12(24)22(13(2)29)16-9-17-18(10-19(16)32-3)28-20(26-27-21(28)11-25-17)8-14-5-4-6-15(7-14)23(30)31/h4-7,9-11,24,29H,8H2,1-3H3,(H,30,31)/b22-13+,24-12?. The number of nitrogens with zero attached hydrogens (tertiary/aromatic N) is 4.